The van der Waals surface area contributed by atoms with Crippen molar-refractivity contribution in [3.63, 3.8) is 0 Å². The van der Waals surface area contributed by atoms with Gasteiger partial charge in [0.15, 0.2) is 5.82 Å². The minimum Gasteiger partial charge on any atom is -0.361 e. The van der Waals surface area contributed by atoms with Crippen LogP contribution in [0.4, 0.5) is 5.82 Å². The van der Waals surface area contributed by atoms with E-state index in [0.717, 1.165) is 36.2 Å². The number of hydrogen-bond donors (Lipinski definition) is 1. The topological polar surface area (TPSA) is 91.3 Å². The third-order valence-electron chi connectivity index (χ3n) is 5.22. The largest absolute Gasteiger partial charge is 0.361 e. The van der Waals surface area contributed by atoms with Gasteiger partial charge in [0.2, 0.25) is 5.91 Å². The summed E-state index contributed by atoms with van der Waals surface area (Å²) in [5.41, 5.74) is 3.37. The molecule has 0 spiro atoms. The standard InChI is InChI=1S/C20H22N6O2/c1-13(26-8-4-6-15-17(26)12-25(2)20(15)28)19(27)24-18-11-22-16(10-23-18)14-5-3-7-21-9-14/h3,5,7,9-11,13H,4,6,8,12H2,1-2H3,(H,23,24,27). The van der Waals surface area contributed by atoms with Gasteiger partial charge in [0.1, 0.15) is 6.04 Å². The van der Waals surface area contributed by atoms with Crippen molar-refractivity contribution in [2.75, 3.05) is 25.5 Å². The number of nitrogens with one attached hydrogen (secondary N) is 1. The summed E-state index contributed by atoms with van der Waals surface area (Å²) in [5.74, 6) is 0.304. The molecule has 1 unspecified atom stereocenters. The van der Waals surface area contributed by atoms with E-state index in [1.54, 1.807) is 36.7 Å². The van der Waals surface area contributed by atoms with Crippen LogP contribution in [-0.4, -0.2) is 62.7 Å². The van der Waals surface area contributed by atoms with Crippen molar-refractivity contribution in [3.8, 4) is 11.3 Å². The van der Waals surface area contributed by atoms with Crippen molar-refractivity contribution in [2.45, 2.75) is 25.8 Å². The first-order valence-electron chi connectivity index (χ1n) is 9.32. The highest BCUT2D eigenvalue weighted by molar-refractivity contribution is 5.98. The predicted octanol–water partition coefficient (Wildman–Crippen LogP) is 1.69. The maximum Gasteiger partial charge on any atom is 0.251 e. The fourth-order valence-electron chi connectivity index (χ4n) is 3.68. The van der Waals surface area contributed by atoms with Gasteiger partial charge in [-0.05, 0) is 31.9 Å². The van der Waals surface area contributed by atoms with Crippen LogP contribution in [0.15, 0.2) is 48.2 Å². The minimum atomic E-state index is -0.399. The molecule has 2 aliphatic rings. The second-order valence-electron chi connectivity index (χ2n) is 7.08. The average Bonchev–Trinajstić information content (AvgIpc) is 3.02. The van der Waals surface area contributed by atoms with Crippen LogP contribution in [0, 0.1) is 0 Å². The zero-order valence-electron chi connectivity index (χ0n) is 15.9. The molecule has 8 nitrogen and oxygen atoms in total. The van der Waals surface area contributed by atoms with Crippen LogP contribution in [0.2, 0.25) is 0 Å². The lowest BCUT2D eigenvalue weighted by atomic mass is 10.0. The first kappa shape index (κ1) is 18.1. The first-order valence-corrected chi connectivity index (χ1v) is 9.32. The number of nitrogens with zero attached hydrogens (tertiary/aromatic N) is 5. The number of rotatable bonds is 4. The van der Waals surface area contributed by atoms with Gasteiger partial charge in [0, 0.05) is 42.8 Å². The average molecular weight is 378 g/mol. The number of likely N-dealkylation sites (N-methyl/N-ethyl adjacent to an activating group) is 1. The Kier molecular flexibility index (Phi) is 4.77. The Labute approximate surface area is 163 Å². The number of pyridine rings is 1. The molecule has 1 N–H and O–H groups in total. The van der Waals surface area contributed by atoms with Crippen molar-refractivity contribution < 1.29 is 9.59 Å². The van der Waals surface area contributed by atoms with E-state index in [1.165, 1.54) is 0 Å². The Morgan fingerprint density at radius 2 is 2.11 bits per heavy atom. The van der Waals surface area contributed by atoms with E-state index in [9.17, 15) is 9.59 Å². The van der Waals surface area contributed by atoms with Crippen LogP contribution in [0.25, 0.3) is 11.3 Å². The molecule has 0 fully saturated rings. The molecule has 0 aromatic carbocycles. The molecule has 8 heteroatoms. The zero-order chi connectivity index (χ0) is 19.7. The fourth-order valence-corrected chi connectivity index (χ4v) is 3.68. The maximum atomic E-state index is 12.8. The van der Waals surface area contributed by atoms with Gasteiger partial charge in [-0.3, -0.25) is 19.6 Å². The van der Waals surface area contributed by atoms with Crippen molar-refractivity contribution >= 4 is 17.6 Å². The molecule has 0 aliphatic carbocycles. The predicted molar refractivity (Wildman–Crippen MR) is 104 cm³/mol. The normalized spacial score (nSPS) is 17.6. The summed E-state index contributed by atoms with van der Waals surface area (Å²) in [7, 11) is 1.79. The number of aromatic nitrogens is 3. The SMILES string of the molecule is CC(C(=O)Nc1cnc(-c2cccnc2)cn1)N1CCCC2=C1CN(C)C2=O. The second-order valence-corrected chi connectivity index (χ2v) is 7.08. The fraction of sp³-hybridized carbons (Fsp3) is 0.350. The van der Waals surface area contributed by atoms with E-state index in [2.05, 4.69) is 20.3 Å². The molecule has 0 radical (unpaired) electrons. The molecule has 28 heavy (non-hydrogen) atoms. The highest BCUT2D eigenvalue weighted by Gasteiger charge is 2.36. The third kappa shape index (κ3) is 3.33. The molecule has 2 aliphatic heterocycles. The number of amides is 2. The van der Waals surface area contributed by atoms with Crippen LogP contribution in [-0.2, 0) is 9.59 Å². The van der Waals surface area contributed by atoms with Gasteiger partial charge in [-0.15, -0.1) is 0 Å². The summed E-state index contributed by atoms with van der Waals surface area (Å²) in [6, 6.07) is 3.34. The highest BCUT2D eigenvalue weighted by atomic mass is 16.2. The van der Waals surface area contributed by atoms with Gasteiger partial charge >= 0.3 is 0 Å². The Hall–Kier alpha value is -3.29. The minimum absolute atomic E-state index is 0.0733. The molecule has 2 aromatic rings. The Bertz CT molecular complexity index is 925. The van der Waals surface area contributed by atoms with Crippen molar-refractivity contribution in [1.82, 2.24) is 24.8 Å². The quantitative estimate of drug-likeness (QED) is 0.871. The van der Waals surface area contributed by atoms with Crippen molar-refractivity contribution in [3.05, 3.63) is 48.2 Å². The highest BCUT2D eigenvalue weighted by Crippen LogP contribution is 2.31. The monoisotopic (exact) mass is 378 g/mol. The molecular formula is C20H22N6O2. The van der Waals surface area contributed by atoms with Gasteiger partial charge in [-0.2, -0.15) is 0 Å². The molecular weight excluding hydrogens is 356 g/mol. The van der Waals surface area contributed by atoms with Gasteiger partial charge < -0.3 is 15.1 Å². The Morgan fingerprint density at radius 1 is 1.25 bits per heavy atom. The van der Waals surface area contributed by atoms with E-state index < -0.39 is 6.04 Å². The van der Waals surface area contributed by atoms with Crippen LogP contribution >= 0.6 is 0 Å². The summed E-state index contributed by atoms with van der Waals surface area (Å²) in [5, 5.41) is 2.83. The number of carbonyl (C=O) groups excluding carboxylic acids is 2. The van der Waals surface area contributed by atoms with Gasteiger partial charge in [-0.1, -0.05) is 0 Å². The van der Waals surface area contributed by atoms with E-state index in [-0.39, 0.29) is 11.8 Å². The van der Waals surface area contributed by atoms with Gasteiger partial charge in [0.05, 0.1) is 24.6 Å². The molecule has 4 heterocycles. The summed E-state index contributed by atoms with van der Waals surface area (Å²) < 4.78 is 0. The Morgan fingerprint density at radius 3 is 2.82 bits per heavy atom. The number of carbonyl (C=O) groups is 2. The summed E-state index contributed by atoms with van der Waals surface area (Å²) in [6.45, 7) is 3.18. The van der Waals surface area contributed by atoms with Crippen LogP contribution in [0.3, 0.4) is 0 Å². The molecule has 0 bridgehead atoms. The Balaban J connectivity index is 1.46. The van der Waals surface area contributed by atoms with E-state index >= 15 is 0 Å². The number of anilines is 1. The van der Waals surface area contributed by atoms with Crippen LogP contribution in [0.1, 0.15) is 19.8 Å². The lowest BCUT2D eigenvalue weighted by molar-refractivity contribution is -0.124. The molecule has 144 valence electrons. The summed E-state index contributed by atoms with van der Waals surface area (Å²) >= 11 is 0. The maximum absolute atomic E-state index is 12.8. The molecule has 2 amide bonds. The molecule has 4 rings (SSSR count). The lowest BCUT2D eigenvalue weighted by Crippen LogP contribution is -2.44. The second kappa shape index (κ2) is 7.38. The summed E-state index contributed by atoms with van der Waals surface area (Å²) in [6.07, 6.45) is 8.22. The van der Waals surface area contributed by atoms with Crippen LogP contribution < -0.4 is 5.32 Å². The number of hydrogen-bond acceptors (Lipinski definition) is 6. The van der Waals surface area contributed by atoms with Gasteiger partial charge in [-0.25, -0.2) is 4.98 Å². The van der Waals surface area contributed by atoms with Crippen molar-refractivity contribution in [2.24, 2.45) is 0 Å². The zero-order valence-corrected chi connectivity index (χ0v) is 15.9. The lowest BCUT2D eigenvalue weighted by Gasteiger charge is -2.34. The van der Waals surface area contributed by atoms with Gasteiger partial charge in [0.25, 0.3) is 5.91 Å². The van der Waals surface area contributed by atoms with E-state index in [0.29, 0.717) is 18.1 Å². The summed E-state index contributed by atoms with van der Waals surface area (Å²) in [4.78, 5) is 41.5. The third-order valence-corrected chi connectivity index (χ3v) is 5.22. The smallest absolute Gasteiger partial charge is 0.251 e. The molecule has 1 atom stereocenters. The van der Waals surface area contributed by atoms with E-state index in [1.807, 2.05) is 24.0 Å². The molecule has 0 saturated carbocycles. The molecule has 0 saturated heterocycles. The van der Waals surface area contributed by atoms with Crippen molar-refractivity contribution in [1.29, 1.82) is 0 Å². The van der Waals surface area contributed by atoms with E-state index in [4.69, 9.17) is 0 Å². The first-order chi connectivity index (χ1) is 13.5. The van der Waals surface area contributed by atoms with Crippen LogP contribution in [0.5, 0.6) is 0 Å². The molecule has 2 aromatic heterocycles.